The Hall–Kier alpha value is -2.44. The molecule has 1 rings (SSSR count). The maximum absolute atomic E-state index is 12.0. The van der Waals surface area contributed by atoms with Crippen LogP contribution < -0.4 is 10.6 Å². The molecule has 3 N–H and O–H groups in total. The van der Waals surface area contributed by atoms with Gasteiger partial charge in [0.25, 0.3) is 5.91 Å². The van der Waals surface area contributed by atoms with Gasteiger partial charge in [-0.05, 0) is 18.6 Å². The van der Waals surface area contributed by atoms with Crippen LogP contribution in [0.1, 0.15) is 37.0 Å². The first-order chi connectivity index (χ1) is 9.43. The van der Waals surface area contributed by atoms with E-state index in [0.717, 1.165) is 0 Å². The lowest BCUT2D eigenvalue weighted by atomic mass is 10.1. The number of aliphatic carboxylic acids is 1. The van der Waals surface area contributed by atoms with Crippen LogP contribution in [0, 0.1) is 0 Å². The van der Waals surface area contributed by atoms with Gasteiger partial charge in [-0.25, -0.2) is 9.78 Å². The number of carboxylic acid groups (broad SMARTS) is 1. The zero-order chi connectivity index (χ0) is 15.1. The minimum absolute atomic E-state index is 0.242. The average molecular weight is 279 g/mol. The largest absolute Gasteiger partial charge is 0.480 e. The molecule has 1 atom stereocenters. The molecule has 0 radical (unpaired) electrons. The number of nitrogens with zero attached hydrogens (tertiary/aromatic N) is 1. The second-order valence-corrected chi connectivity index (χ2v) is 4.26. The molecule has 0 aliphatic rings. The smallest absolute Gasteiger partial charge is 0.326 e. The molecule has 108 valence electrons. The standard InChI is InChI=1S/C13H17N3O4/c1-3-4-10(13(19)20)16-12(18)9-5-6-14-11(7-9)15-8(2)17/h5-7,10H,3-4H2,1-2H3,(H,16,18)(H,19,20)(H,14,15,17). The third-order valence-corrected chi connectivity index (χ3v) is 2.51. The van der Waals surface area contributed by atoms with Gasteiger partial charge in [-0.2, -0.15) is 0 Å². The van der Waals surface area contributed by atoms with E-state index in [1.165, 1.54) is 25.3 Å². The van der Waals surface area contributed by atoms with Crippen LogP contribution in [-0.4, -0.2) is 33.9 Å². The van der Waals surface area contributed by atoms with Crippen LogP contribution in [0.3, 0.4) is 0 Å². The van der Waals surface area contributed by atoms with Crippen LogP contribution in [0.25, 0.3) is 0 Å². The lowest BCUT2D eigenvalue weighted by molar-refractivity contribution is -0.139. The monoisotopic (exact) mass is 279 g/mol. The van der Waals surface area contributed by atoms with Gasteiger partial charge >= 0.3 is 5.97 Å². The van der Waals surface area contributed by atoms with Crippen LogP contribution in [0.2, 0.25) is 0 Å². The predicted octanol–water partition coefficient (Wildman–Crippen LogP) is 1.02. The number of hydrogen-bond acceptors (Lipinski definition) is 4. The Morgan fingerprint density at radius 3 is 2.65 bits per heavy atom. The Morgan fingerprint density at radius 2 is 2.10 bits per heavy atom. The van der Waals surface area contributed by atoms with E-state index in [2.05, 4.69) is 15.6 Å². The number of amides is 2. The molecular weight excluding hydrogens is 262 g/mol. The summed E-state index contributed by atoms with van der Waals surface area (Å²) in [6.07, 6.45) is 2.37. The fourth-order valence-electron chi connectivity index (χ4n) is 1.61. The van der Waals surface area contributed by atoms with Crippen LogP contribution in [0.15, 0.2) is 18.3 Å². The zero-order valence-electron chi connectivity index (χ0n) is 11.3. The van der Waals surface area contributed by atoms with Gasteiger partial charge in [0.1, 0.15) is 11.9 Å². The minimum Gasteiger partial charge on any atom is -0.480 e. The zero-order valence-corrected chi connectivity index (χ0v) is 11.3. The van der Waals surface area contributed by atoms with E-state index in [1.54, 1.807) is 0 Å². The van der Waals surface area contributed by atoms with Crippen LogP contribution in [0.5, 0.6) is 0 Å². The summed E-state index contributed by atoms with van der Waals surface area (Å²) in [5.74, 6) is -1.65. The summed E-state index contributed by atoms with van der Waals surface area (Å²) in [5.41, 5.74) is 0.242. The van der Waals surface area contributed by atoms with Gasteiger partial charge in [-0.15, -0.1) is 0 Å². The van der Waals surface area contributed by atoms with Gasteiger partial charge in [0.15, 0.2) is 0 Å². The molecular formula is C13H17N3O4. The van der Waals surface area contributed by atoms with Crippen molar-refractivity contribution in [2.45, 2.75) is 32.7 Å². The molecule has 0 saturated heterocycles. The van der Waals surface area contributed by atoms with E-state index < -0.39 is 17.9 Å². The number of nitrogens with one attached hydrogen (secondary N) is 2. The van der Waals surface area contributed by atoms with Crippen LogP contribution in [0.4, 0.5) is 5.82 Å². The maximum atomic E-state index is 12.0. The van der Waals surface area contributed by atoms with Gasteiger partial charge in [0.05, 0.1) is 0 Å². The number of carbonyl (C=O) groups is 3. The van der Waals surface area contributed by atoms with E-state index >= 15 is 0 Å². The van der Waals surface area contributed by atoms with Crippen LogP contribution in [-0.2, 0) is 9.59 Å². The fraction of sp³-hybridized carbons (Fsp3) is 0.385. The highest BCUT2D eigenvalue weighted by atomic mass is 16.4. The van der Waals surface area contributed by atoms with E-state index in [1.807, 2.05) is 6.92 Å². The number of carboxylic acids is 1. The van der Waals surface area contributed by atoms with Crippen molar-refractivity contribution in [2.24, 2.45) is 0 Å². The number of rotatable bonds is 6. The van der Waals surface area contributed by atoms with E-state index in [-0.39, 0.29) is 17.3 Å². The van der Waals surface area contributed by atoms with E-state index in [9.17, 15) is 14.4 Å². The molecule has 1 aromatic heterocycles. The first kappa shape index (κ1) is 15.6. The third kappa shape index (κ3) is 4.68. The highest BCUT2D eigenvalue weighted by Gasteiger charge is 2.19. The molecule has 2 amide bonds. The molecule has 0 fully saturated rings. The molecule has 1 unspecified atom stereocenters. The second kappa shape index (κ2) is 7.22. The van der Waals surface area contributed by atoms with Crippen LogP contribution >= 0.6 is 0 Å². The van der Waals surface area contributed by atoms with Gasteiger partial charge < -0.3 is 15.7 Å². The summed E-state index contributed by atoms with van der Waals surface area (Å²) in [6, 6.07) is 1.91. The number of anilines is 1. The molecule has 7 nitrogen and oxygen atoms in total. The summed E-state index contributed by atoms with van der Waals surface area (Å²) >= 11 is 0. The normalized spacial score (nSPS) is 11.5. The van der Waals surface area contributed by atoms with Crippen molar-refractivity contribution in [1.82, 2.24) is 10.3 Å². The predicted molar refractivity (Wildman–Crippen MR) is 72.3 cm³/mol. The van der Waals surface area contributed by atoms with Crippen molar-refractivity contribution in [3.05, 3.63) is 23.9 Å². The minimum atomic E-state index is -1.07. The quantitative estimate of drug-likeness (QED) is 0.720. The molecule has 0 spiro atoms. The summed E-state index contributed by atoms with van der Waals surface area (Å²) in [5, 5.41) is 13.9. The van der Waals surface area contributed by atoms with Crippen molar-refractivity contribution >= 4 is 23.6 Å². The molecule has 1 aromatic rings. The Kier molecular flexibility index (Phi) is 5.64. The topological polar surface area (TPSA) is 108 Å². The molecule has 0 bridgehead atoms. The molecule has 20 heavy (non-hydrogen) atoms. The highest BCUT2D eigenvalue weighted by Crippen LogP contribution is 2.08. The van der Waals surface area contributed by atoms with Gasteiger partial charge in [0.2, 0.25) is 5.91 Å². The highest BCUT2D eigenvalue weighted by molar-refractivity contribution is 5.98. The number of pyridine rings is 1. The number of carbonyl (C=O) groups excluding carboxylic acids is 2. The van der Waals surface area contributed by atoms with Crippen molar-refractivity contribution in [1.29, 1.82) is 0 Å². The van der Waals surface area contributed by atoms with Gasteiger partial charge in [-0.3, -0.25) is 9.59 Å². The Labute approximate surface area is 116 Å². The lowest BCUT2D eigenvalue weighted by Crippen LogP contribution is -2.40. The molecule has 1 heterocycles. The number of hydrogen-bond donors (Lipinski definition) is 3. The molecule has 0 aliphatic heterocycles. The van der Waals surface area contributed by atoms with Gasteiger partial charge in [-0.1, -0.05) is 13.3 Å². The van der Waals surface area contributed by atoms with Crippen molar-refractivity contribution in [3.8, 4) is 0 Å². The SMILES string of the molecule is CCCC(NC(=O)c1ccnc(NC(C)=O)c1)C(=O)O. The van der Waals surface area contributed by atoms with Crippen molar-refractivity contribution in [2.75, 3.05) is 5.32 Å². The first-order valence-electron chi connectivity index (χ1n) is 6.21. The first-order valence-corrected chi connectivity index (χ1v) is 6.21. The summed E-state index contributed by atoms with van der Waals surface area (Å²) < 4.78 is 0. The molecule has 0 aliphatic carbocycles. The molecule has 7 heteroatoms. The maximum Gasteiger partial charge on any atom is 0.326 e. The van der Waals surface area contributed by atoms with Crippen molar-refractivity contribution in [3.63, 3.8) is 0 Å². The Balaban J connectivity index is 2.80. The Morgan fingerprint density at radius 1 is 1.40 bits per heavy atom. The third-order valence-electron chi connectivity index (χ3n) is 2.51. The summed E-state index contributed by atoms with van der Waals surface area (Å²) in [6.45, 7) is 3.17. The molecule has 0 saturated carbocycles. The van der Waals surface area contributed by atoms with Gasteiger partial charge in [0, 0.05) is 18.7 Å². The number of aromatic nitrogens is 1. The van der Waals surface area contributed by atoms with E-state index in [4.69, 9.17) is 5.11 Å². The summed E-state index contributed by atoms with van der Waals surface area (Å²) in [7, 11) is 0. The van der Waals surface area contributed by atoms with Crippen molar-refractivity contribution < 1.29 is 19.5 Å². The summed E-state index contributed by atoms with van der Waals surface area (Å²) in [4.78, 5) is 37.7. The average Bonchev–Trinajstić information content (AvgIpc) is 2.37. The Bertz CT molecular complexity index is 516. The van der Waals surface area contributed by atoms with E-state index in [0.29, 0.717) is 12.8 Å². The lowest BCUT2D eigenvalue weighted by Gasteiger charge is -2.13. The molecule has 0 aromatic carbocycles. The second-order valence-electron chi connectivity index (χ2n) is 4.26. The fourth-order valence-corrected chi connectivity index (χ4v) is 1.61.